The Labute approximate surface area is 170 Å². The number of carboxylic acids is 1. The fourth-order valence-electron chi connectivity index (χ4n) is 2.99. The topological polar surface area (TPSA) is 168 Å². The van der Waals surface area contributed by atoms with Crippen LogP contribution < -0.4 is 22.1 Å². The number of carbonyl (C=O) groups excluding carboxylic acids is 3. The van der Waals surface area contributed by atoms with Gasteiger partial charge in [0.25, 0.3) is 0 Å². The lowest BCUT2D eigenvalue weighted by molar-refractivity contribution is -0.144. The minimum absolute atomic E-state index is 0.136. The van der Waals surface area contributed by atoms with Crippen molar-refractivity contribution in [2.45, 2.75) is 63.2 Å². The molecule has 11 heteroatoms. The zero-order valence-electron chi connectivity index (χ0n) is 16.1. The molecule has 0 aliphatic carbocycles. The van der Waals surface area contributed by atoms with Crippen molar-refractivity contribution < 1.29 is 24.3 Å². The minimum Gasteiger partial charge on any atom is -0.480 e. The van der Waals surface area contributed by atoms with E-state index in [0.29, 0.717) is 45.2 Å². The molecule has 1 heterocycles. The molecule has 0 saturated carbocycles. The summed E-state index contributed by atoms with van der Waals surface area (Å²) >= 11 is 3.99. The Hall–Kier alpha value is -1.85. The highest BCUT2D eigenvalue weighted by Gasteiger charge is 2.38. The lowest BCUT2D eigenvalue weighted by Crippen LogP contribution is -2.56. The van der Waals surface area contributed by atoms with Crippen LogP contribution in [0.5, 0.6) is 0 Å². The Morgan fingerprint density at radius 3 is 2.50 bits per heavy atom. The molecule has 1 aliphatic heterocycles. The number of nitrogens with two attached hydrogens (primary N) is 2. The third kappa shape index (κ3) is 6.95. The van der Waals surface area contributed by atoms with Crippen molar-refractivity contribution in [1.82, 2.24) is 15.5 Å². The van der Waals surface area contributed by atoms with Gasteiger partial charge in [-0.25, -0.2) is 0 Å². The molecule has 4 atom stereocenters. The van der Waals surface area contributed by atoms with Crippen LogP contribution in [0.3, 0.4) is 0 Å². The smallest absolute Gasteiger partial charge is 0.325 e. The number of hydrogen-bond acceptors (Lipinski definition) is 7. The SMILES string of the molecule is CC(NC(=O)C1CCCN1C(=O)C(CCCCN)NC(=O)C(N)CS)C(=O)O. The summed E-state index contributed by atoms with van der Waals surface area (Å²) < 4.78 is 0. The molecule has 3 amide bonds. The summed E-state index contributed by atoms with van der Waals surface area (Å²) in [5.41, 5.74) is 11.2. The van der Waals surface area contributed by atoms with E-state index < -0.39 is 42.0 Å². The summed E-state index contributed by atoms with van der Waals surface area (Å²) in [6.45, 7) is 2.18. The van der Waals surface area contributed by atoms with E-state index in [0.717, 1.165) is 0 Å². The van der Waals surface area contributed by atoms with Gasteiger partial charge in [0, 0.05) is 12.3 Å². The first kappa shape index (κ1) is 24.2. The van der Waals surface area contributed by atoms with Gasteiger partial charge in [-0.15, -0.1) is 0 Å². The maximum absolute atomic E-state index is 13.0. The molecule has 0 aromatic heterocycles. The van der Waals surface area contributed by atoms with Gasteiger partial charge in [0.05, 0.1) is 6.04 Å². The fourth-order valence-corrected chi connectivity index (χ4v) is 3.15. The van der Waals surface area contributed by atoms with Gasteiger partial charge in [-0.05, 0) is 45.6 Å². The van der Waals surface area contributed by atoms with E-state index in [1.54, 1.807) is 0 Å². The molecule has 0 aromatic rings. The zero-order valence-corrected chi connectivity index (χ0v) is 17.0. The number of aliphatic carboxylic acids is 1. The lowest BCUT2D eigenvalue weighted by atomic mass is 10.1. The molecule has 7 N–H and O–H groups in total. The third-order valence-electron chi connectivity index (χ3n) is 4.66. The quantitative estimate of drug-likeness (QED) is 0.174. The standard InChI is InChI=1S/C17H31N5O5S/c1-10(17(26)27)20-15(24)13-6-4-8-22(13)16(25)12(5-2-3-7-18)21-14(23)11(19)9-28/h10-13,28H,2-9,18-19H2,1H3,(H,20,24)(H,21,23)(H,26,27). The summed E-state index contributed by atoms with van der Waals surface area (Å²) in [7, 11) is 0. The molecule has 1 saturated heterocycles. The van der Waals surface area contributed by atoms with Crippen LogP contribution in [-0.2, 0) is 19.2 Å². The molecule has 0 aromatic carbocycles. The van der Waals surface area contributed by atoms with Crippen molar-refractivity contribution in [2.24, 2.45) is 11.5 Å². The average molecular weight is 418 g/mol. The van der Waals surface area contributed by atoms with Crippen molar-refractivity contribution in [3.8, 4) is 0 Å². The maximum Gasteiger partial charge on any atom is 0.325 e. The normalized spacial score (nSPS) is 19.6. The number of carboxylic acid groups (broad SMARTS) is 1. The number of unbranched alkanes of at least 4 members (excludes halogenated alkanes) is 1. The number of hydrogen-bond donors (Lipinski definition) is 6. The number of nitrogens with zero attached hydrogens (tertiary/aromatic N) is 1. The average Bonchev–Trinajstić information content (AvgIpc) is 3.15. The van der Waals surface area contributed by atoms with Gasteiger partial charge in [-0.1, -0.05) is 0 Å². The summed E-state index contributed by atoms with van der Waals surface area (Å²) in [6.07, 6.45) is 2.74. The Balaban J connectivity index is 2.87. The van der Waals surface area contributed by atoms with Gasteiger partial charge in [0.15, 0.2) is 0 Å². The van der Waals surface area contributed by atoms with Crippen LogP contribution >= 0.6 is 12.6 Å². The first-order valence-electron chi connectivity index (χ1n) is 9.43. The number of likely N-dealkylation sites (tertiary alicyclic amines) is 1. The van der Waals surface area contributed by atoms with Crippen molar-refractivity contribution in [3.63, 3.8) is 0 Å². The van der Waals surface area contributed by atoms with Crippen molar-refractivity contribution >= 4 is 36.3 Å². The Morgan fingerprint density at radius 1 is 1.25 bits per heavy atom. The van der Waals surface area contributed by atoms with E-state index in [1.165, 1.54) is 11.8 Å². The highest BCUT2D eigenvalue weighted by molar-refractivity contribution is 7.80. The summed E-state index contributed by atoms with van der Waals surface area (Å²) in [5, 5.41) is 14.0. The van der Waals surface area contributed by atoms with Crippen LogP contribution in [0.1, 0.15) is 39.0 Å². The molecule has 28 heavy (non-hydrogen) atoms. The van der Waals surface area contributed by atoms with Crippen LogP contribution in [0.2, 0.25) is 0 Å². The van der Waals surface area contributed by atoms with Gasteiger partial charge in [-0.2, -0.15) is 12.6 Å². The monoisotopic (exact) mass is 417 g/mol. The molecular formula is C17H31N5O5S. The third-order valence-corrected chi connectivity index (χ3v) is 5.06. The highest BCUT2D eigenvalue weighted by atomic mass is 32.1. The lowest BCUT2D eigenvalue weighted by Gasteiger charge is -2.29. The molecule has 1 fully saturated rings. The fraction of sp³-hybridized carbons (Fsp3) is 0.765. The summed E-state index contributed by atoms with van der Waals surface area (Å²) in [6, 6.07) is -3.49. The molecule has 10 nitrogen and oxygen atoms in total. The molecular weight excluding hydrogens is 386 g/mol. The van der Waals surface area contributed by atoms with Crippen molar-refractivity contribution in [1.29, 1.82) is 0 Å². The second-order valence-corrected chi connectivity index (χ2v) is 7.26. The molecule has 1 aliphatic rings. The Morgan fingerprint density at radius 2 is 1.93 bits per heavy atom. The first-order valence-corrected chi connectivity index (χ1v) is 10.1. The summed E-state index contributed by atoms with van der Waals surface area (Å²) in [4.78, 5) is 50.0. The first-order chi connectivity index (χ1) is 13.2. The minimum atomic E-state index is -1.16. The van der Waals surface area contributed by atoms with Crippen molar-refractivity contribution in [3.05, 3.63) is 0 Å². The van der Waals surface area contributed by atoms with Crippen LogP contribution in [-0.4, -0.2) is 76.7 Å². The van der Waals surface area contributed by atoms with Gasteiger partial charge >= 0.3 is 5.97 Å². The van der Waals surface area contributed by atoms with Crippen LogP contribution in [0.25, 0.3) is 0 Å². The predicted octanol–water partition coefficient (Wildman–Crippen LogP) is -1.56. The second-order valence-electron chi connectivity index (χ2n) is 6.89. The number of amides is 3. The molecule has 0 radical (unpaired) electrons. The van der Waals surface area contributed by atoms with E-state index in [1.807, 2.05) is 0 Å². The maximum atomic E-state index is 13.0. The number of nitrogens with one attached hydrogen (secondary N) is 2. The van der Waals surface area contributed by atoms with E-state index in [-0.39, 0.29) is 11.7 Å². The van der Waals surface area contributed by atoms with Crippen LogP contribution in [0.15, 0.2) is 0 Å². The predicted molar refractivity (Wildman–Crippen MR) is 107 cm³/mol. The molecule has 160 valence electrons. The van der Waals surface area contributed by atoms with E-state index in [2.05, 4.69) is 23.3 Å². The molecule has 0 spiro atoms. The van der Waals surface area contributed by atoms with Crippen molar-refractivity contribution in [2.75, 3.05) is 18.8 Å². The van der Waals surface area contributed by atoms with Gasteiger partial charge in [0.2, 0.25) is 17.7 Å². The van der Waals surface area contributed by atoms with Gasteiger partial charge in [-0.3, -0.25) is 19.2 Å². The molecule has 0 bridgehead atoms. The zero-order chi connectivity index (χ0) is 21.3. The number of carbonyl (C=O) groups is 4. The Kier molecular flexibility index (Phi) is 10.3. The largest absolute Gasteiger partial charge is 0.480 e. The summed E-state index contributed by atoms with van der Waals surface area (Å²) in [5.74, 6) is -2.40. The highest BCUT2D eigenvalue weighted by Crippen LogP contribution is 2.20. The van der Waals surface area contributed by atoms with Gasteiger partial charge < -0.3 is 32.1 Å². The van der Waals surface area contributed by atoms with E-state index in [4.69, 9.17) is 16.6 Å². The van der Waals surface area contributed by atoms with E-state index in [9.17, 15) is 19.2 Å². The number of thiol groups is 1. The van der Waals surface area contributed by atoms with Crippen LogP contribution in [0.4, 0.5) is 0 Å². The molecule has 4 unspecified atom stereocenters. The Bertz CT molecular complexity index is 576. The number of rotatable bonds is 11. The van der Waals surface area contributed by atoms with Crippen LogP contribution in [0, 0.1) is 0 Å². The van der Waals surface area contributed by atoms with Gasteiger partial charge in [0.1, 0.15) is 18.1 Å². The van der Waals surface area contributed by atoms with E-state index >= 15 is 0 Å². The molecule has 1 rings (SSSR count). The second kappa shape index (κ2) is 11.9.